The second-order valence-electron chi connectivity index (χ2n) is 7.91. The maximum Gasteiger partial charge on any atom is 0.264 e. The van der Waals surface area contributed by atoms with Gasteiger partial charge >= 0.3 is 0 Å². The summed E-state index contributed by atoms with van der Waals surface area (Å²) in [7, 11) is 0. The summed E-state index contributed by atoms with van der Waals surface area (Å²) in [6, 6.07) is 8.14. The van der Waals surface area contributed by atoms with E-state index in [9.17, 15) is 9.59 Å². The van der Waals surface area contributed by atoms with Gasteiger partial charge in [-0.25, -0.2) is 0 Å². The van der Waals surface area contributed by atoms with Crippen molar-refractivity contribution in [2.45, 2.75) is 20.0 Å². The number of likely N-dealkylation sites (N-methyl/N-ethyl adjacent to an activating group) is 1. The largest absolute Gasteiger partial charge is 0.378 e. The first-order chi connectivity index (χ1) is 15.1. The van der Waals surface area contributed by atoms with E-state index in [4.69, 9.17) is 9.47 Å². The molecule has 2 aliphatic rings. The Balaban J connectivity index is 1.60. The van der Waals surface area contributed by atoms with Crippen LogP contribution in [0.3, 0.4) is 0 Å². The molecule has 0 spiro atoms. The van der Waals surface area contributed by atoms with Gasteiger partial charge in [0.2, 0.25) is 5.91 Å². The minimum absolute atomic E-state index is 0.0550. The number of hydrogen-bond donors (Lipinski definition) is 0. The van der Waals surface area contributed by atoms with Crippen LogP contribution in [-0.4, -0.2) is 92.1 Å². The zero-order chi connectivity index (χ0) is 21.8. The van der Waals surface area contributed by atoms with Crippen LogP contribution in [-0.2, 0) is 14.3 Å². The SMILES string of the molecule is CCN(CC)C(=O)CN1CCOC(c2c(C(=O)N3CCOCC3)sc3ccccc23)C1. The summed E-state index contributed by atoms with van der Waals surface area (Å²) in [6.07, 6.45) is -0.227. The van der Waals surface area contributed by atoms with Crippen molar-refractivity contribution in [3.8, 4) is 0 Å². The van der Waals surface area contributed by atoms with Crippen LogP contribution >= 0.6 is 11.3 Å². The molecule has 1 unspecified atom stereocenters. The number of morpholine rings is 2. The fraction of sp³-hybridized carbons (Fsp3) is 0.565. The van der Waals surface area contributed by atoms with Gasteiger partial charge in [0.15, 0.2) is 0 Å². The molecule has 8 heteroatoms. The Labute approximate surface area is 187 Å². The van der Waals surface area contributed by atoms with Crippen LogP contribution in [0.15, 0.2) is 24.3 Å². The molecule has 1 aromatic carbocycles. The highest BCUT2D eigenvalue weighted by Gasteiger charge is 2.32. The molecule has 3 heterocycles. The first-order valence-electron chi connectivity index (χ1n) is 11.1. The fourth-order valence-corrected chi connectivity index (χ4v) is 5.56. The van der Waals surface area contributed by atoms with E-state index in [0.717, 1.165) is 40.2 Å². The molecule has 7 nitrogen and oxygen atoms in total. The second kappa shape index (κ2) is 10.1. The molecular formula is C23H31N3O4S. The van der Waals surface area contributed by atoms with Crippen LogP contribution in [0.2, 0.25) is 0 Å². The number of carbonyl (C=O) groups excluding carboxylic acids is 2. The summed E-state index contributed by atoms with van der Waals surface area (Å²) < 4.78 is 12.7. The predicted octanol–water partition coefficient (Wildman–Crippen LogP) is 2.62. The van der Waals surface area contributed by atoms with Crippen molar-refractivity contribution in [3.63, 3.8) is 0 Å². The molecule has 4 rings (SSSR count). The monoisotopic (exact) mass is 445 g/mol. The summed E-state index contributed by atoms with van der Waals surface area (Å²) in [5.41, 5.74) is 0.970. The van der Waals surface area contributed by atoms with Gasteiger partial charge < -0.3 is 19.3 Å². The topological polar surface area (TPSA) is 62.3 Å². The number of nitrogens with zero attached hydrogens (tertiary/aromatic N) is 3. The number of amides is 2. The zero-order valence-corrected chi connectivity index (χ0v) is 19.2. The molecule has 1 atom stereocenters. The van der Waals surface area contributed by atoms with Crippen molar-refractivity contribution in [2.75, 3.05) is 65.6 Å². The van der Waals surface area contributed by atoms with Gasteiger partial charge in [-0.15, -0.1) is 11.3 Å². The van der Waals surface area contributed by atoms with E-state index in [1.807, 2.05) is 35.8 Å². The molecule has 1 aromatic heterocycles. The maximum atomic E-state index is 13.4. The lowest BCUT2D eigenvalue weighted by atomic mass is 10.0. The Morgan fingerprint density at radius 2 is 1.84 bits per heavy atom. The van der Waals surface area contributed by atoms with Crippen molar-refractivity contribution >= 4 is 33.2 Å². The quantitative estimate of drug-likeness (QED) is 0.684. The fourth-order valence-electron chi connectivity index (χ4n) is 4.34. The van der Waals surface area contributed by atoms with Crippen LogP contribution in [0.1, 0.15) is 35.2 Å². The molecule has 0 radical (unpaired) electrons. The minimum atomic E-state index is -0.227. The standard InChI is InChI=1S/C23H31N3O4S/c1-3-25(4-2)20(27)16-24-9-14-30-18(15-24)21-17-7-5-6-8-19(17)31-22(21)23(28)26-10-12-29-13-11-26/h5-8,18H,3-4,9-16H2,1-2H3. The van der Waals surface area contributed by atoms with Crippen LogP contribution in [0.4, 0.5) is 0 Å². The van der Waals surface area contributed by atoms with Gasteiger partial charge in [-0.2, -0.15) is 0 Å². The second-order valence-corrected chi connectivity index (χ2v) is 8.96. The molecule has 2 saturated heterocycles. The van der Waals surface area contributed by atoms with E-state index < -0.39 is 0 Å². The Bertz CT molecular complexity index is 921. The lowest BCUT2D eigenvalue weighted by molar-refractivity contribution is -0.134. The predicted molar refractivity (Wildman–Crippen MR) is 122 cm³/mol. The van der Waals surface area contributed by atoms with E-state index in [-0.39, 0.29) is 17.9 Å². The third-order valence-electron chi connectivity index (χ3n) is 6.07. The number of rotatable bonds is 6. The minimum Gasteiger partial charge on any atom is -0.378 e. The van der Waals surface area contributed by atoms with Gasteiger partial charge in [0, 0.05) is 49.5 Å². The summed E-state index contributed by atoms with van der Waals surface area (Å²) in [4.78, 5) is 32.7. The third kappa shape index (κ3) is 4.77. The average Bonchev–Trinajstić information content (AvgIpc) is 3.20. The molecule has 2 aliphatic heterocycles. The lowest BCUT2D eigenvalue weighted by Gasteiger charge is -2.34. The van der Waals surface area contributed by atoms with E-state index >= 15 is 0 Å². The summed E-state index contributed by atoms with van der Waals surface area (Å²) in [6.45, 7) is 10.1. The van der Waals surface area contributed by atoms with Crippen LogP contribution < -0.4 is 0 Å². The zero-order valence-electron chi connectivity index (χ0n) is 18.3. The van der Waals surface area contributed by atoms with Crippen molar-refractivity contribution in [1.29, 1.82) is 0 Å². The molecule has 0 aliphatic carbocycles. The first kappa shape index (κ1) is 22.2. The molecule has 0 N–H and O–H groups in total. The number of benzene rings is 1. The summed E-state index contributed by atoms with van der Waals surface area (Å²) in [5, 5.41) is 1.08. The molecular weight excluding hydrogens is 414 g/mol. The molecule has 0 saturated carbocycles. The maximum absolute atomic E-state index is 13.4. The van der Waals surface area contributed by atoms with Crippen molar-refractivity contribution in [1.82, 2.24) is 14.7 Å². The number of thiophene rings is 1. The Hall–Kier alpha value is -2.00. The van der Waals surface area contributed by atoms with Crippen LogP contribution in [0, 0.1) is 0 Å². The van der Waals surface area contributed by atoms with Crippen molar-refractivity contribution in [2.24, 2.45) is 0 Å². The van der Waals surface area contributed by atoms with Crippen molar-refractivity contribution in [3.05, 3.63) is 34.7 Å². The van der Waals surface area contributed by atoms with Crippen LogP contribution in [0.25, 0.3) is 10.1 Å². The van der Waals surface area contributed by atoms with Gasteiger partial charge in [-0.05, 0) is 25.3 Å². The molecule has 31 heavy (non-hydrogen) atoms. The lowest BCUT2D eigenvalue weighted by Crippen LogP contribution is -2.46. The summed E-state index contributed by atoms with van der Waals surface area (Å²) >= 11 is 1.54. The highest BCUT2D eigenvalue weighted by atomic mass is 32.1. The molecule has 168 valence electrons. The molecule has 2 aromatic rings. The first-order valence-corrected chi connectivity index (χ1v) is 11.9. The highest BCUT2D eigenvalue weighted by molar-refractivity contribution is 7.21. The normalized spacial score (nSPS) is 20.2. The van der Waals surface area contributed by atoms with Crippen molar-refractivity contribution < 1.29 is 19.1 Å². The molecule has 2 amide bonds. The van der Waals surface area contributed by atoms with E-state index in [1.54, 1.807) is 11.3 Å². The number of ether oxygens (including phenoxy) is 2. The van der Waals surface area contributed by atoms with E-state index in [1.165, 1.54) is 0 Å². The van der Waals surface area contributed by atoms with Gasteiger partial charge in [0.1, 0.15) is 0 Å². The van der Waals surface area contributed by atoms with Gasteiger partial charge in [-0.1, -0.05) is 18.2 Å². The Morgan fingerprint density at radius 1 is 1.10 bits per heavy atom. The Kier molecular flexibility index (Phi) is 7.22. The molecule has 0 bridgehead atoms. The highest BCUT2D eigenvalue weighted by Crippen LogP contribution is 2.39. The number of carbonyl (C=O) groups is 2. The van der Waals surface area contributed by atoms with Crippen LogP contribution in [0.5, 0.6) is 0 Å². The Morgan fingerprint density at radius 3 is 2.58 bits per heavy atom. The summed E-state index contributed by atoms with van der Waals surface area (Å²) in [5.74, 6) is 0.199. The van der Waals surface area contributed by atoms with E-state index in [2.05, 4.69) is 17.0 Å². The van der Waals surface area contributed by atoms with Gasteiger partial charge in [0.25, 0.3) is 5.91 Å². The molecule has 2 fully saturated rings. The van der Waals surface area contributed by atoms with Gasteiger partial charge in [-0.3, -0.25) is 14.5 Å². The average molecular weight is 446 g/mol. The third-order valence-corrected chi connectivity index (χ3v) is 7.25. The number of fused-ring (bicyclic) bond motifs is 1. The van der Waals surface area contributed by atoms with E-state index in [0.29, 0.717) is 46.0 Å². The number of hydrogen-bond acceptors (Lipinski definition) is 6. The smallest absolute Gasteiger partial charge is 0.264 e. The van der Waals surface area contributed by atoms with Gasteiger partial charge in [0.05, 0.1) is 37.3 Å².